The van der Waals surface area contributed by atoms with Crippen molar-refractivity contribution in [2.75, 3.05) is 0 Å². The van der Waals surface area contributed by atoms with Crippen LogP contribution in [0, 0.1) is 0 Å². The Morgan fingerprint density at radius 3 is 2.87 bits per heavy atom. The molecule has 2 heteroatoms. The smallest absolute Gasteiger partial charge is 0.115 e. The summed E-state index contributed by atoms with van der Waals surface area (Å²) in [4.78, 5) is 0.315. The summed E-state index contributed by atoms with van der Waals surface area (Å²) in [5.41, 5.74) is 2.40. The van der Waals surface area contributed by atoms with E-state index in [0.29, 0.717) is 10.6 Å². The van der Waals surface area contributed by atoms with Gasteiger partial charge in [0.2, 0.25) is 0 Å². The van der Waals surface area contributed by atoms with E-state index in [2.05, 4.69) is 35.0 Å². The predicted molar refractivity (Wildman–Crippen MR) is 69.3 cm³/mol. The summed E-state index contributed by atoms with van der Waals surface area (Å²) in [6.07, 6.45) is 11.8. The fourth-order valence-electron chi connectivity index (χ4n) is 1.60. The number of aliphatic hydroxyl groups excluding tert-OH is 1. The highest BCUT2D eigenvalue weighted by atomic mass is 79.9. The molecule has 1 unspecified atom stereocenters. The van der Waals surface area contributed by atoms with Gasteiger partial charge in [-0.3, -0.25) is 0 Å². The van der Waals surface area contributed by atoms with Crippen molar-refractivity contribution in [2.24, 2.45) is 0 Å². The zero-order chi connectivity index (χ0) is 11.3. The van der Waals surface area contributed by atoms with Gasteiger partial charge in [-0.15, -0.1) is 0 Å². The maximum absolute atomic E-state index is 9.60. The SMILES string of the molecule is C/C=C1/CC/C=C/C(O)=C/C1=C/C(C)Br. The number of hydrogen-bond donors (Lipinski definition) is 1. The van der Waals surface area contributed by atoms with Crippen LogP contribution in [0.15, 0.2) is 47.3 Å². The lowest BCUT2D eigenvalue weighted by Gasteiger charge is -2.11. The van der Waals surface area contributed by atoms with Gasteiger partial charge in [0.1, 0.15) is 5.76 Å². The summed E-state index contributed by atoms with van der Waals surface area (Å²) < 4.78 is 0. The van der Waals surface area contributed by atoms with Crippen LogP contribution in [0.3, 0.4) is 0 Å². The van der Waals surface area contributed by atoms with Crippen LogP contribution in [0.5, 0.6) is 0 Å². The van der Waals surface area contributed by atoms with Crippen LogP contribution in [-0.2, 0) is 0 Å². The van der Waals surface area contributed by atoms with Gasteiger partial charge in [-0.1, -0.05) is 34.2 Å². The van der Waals surface area contributed by atoms with Gasteiger partial charge in [0.25, 0.3) is 0 Å². The number of hydrogen-bond acceptors (Lipinski definition) is 1. The van der Waals surface area contributed by atoms with E-state index in [9.17, 15) is 5.11 Å². The van der Waals surface area contributed by atoms with Crippen molar-refractivity contribution >= 4 is 15.9 Å². The van der Waals surface area contributed by atoms with Crippen LogP contribution in [0.1, 0.15) is 26.7 Å². The molecule has 1 N–H and O–H groups in total. The highest BCUT2D eigenvalue weighted by Gasteiger charge is 2.06. The second kappa shape index (κ2) is 5.96. The van der Waals surface area contributed by atoms with Gasteiger partial charge in [-0.25, -0.2) is 0 Å². The Hall–Kier alpha value is -0.760. The molecule has 0 aromatic rings. The molecule has 1 atom stereocenters. The minimum atomic E-state index is 0.315. The highest BCUT2D eigenvalue weighted by Crippen LogP contribution is 2.23. The molecule has 0 amide bonds. The van der Waals surface area contributed by atoms with E-state index in [1.54, 1.807) is 6.08 Å². The van der Waals surface area contributed by atoms with Crippen molar-refractivity contribution in [3.63, 3.8) is 0 Å². The molecule has 1 aliphatic carbocycles. The molecule has 82 valence electrons. The minimum Gasteiger partial charge on any atom is -0.508 e. The first-order valence-corrected chi connectivity index (χ1v) is 6.13. The number of alkyl halides is 1. The Morgan fingerprint density at radius 1 is 1.53 bits per heavy atom. The molecule has 1 nitrogen and oxygen atoms in total. The molecule has 15 heavy (non-hydrogen) atoms. The van der Waals surface area contributed by atoms with Crippen molar-refractivity contribution in [2.45, 2.75) is 31.5 Å². The molecule has 0 aromatic heterocycles. The standard InChI is InChI=1S/C13H17BrO/c1-3-11-6-4-5-7-13(15)9-12(11)8-10(2)14/h3,5,7-10,15H,4,6H2,1-2H3/b7-5+,11-3-,12-8-,13-9-. The van der Waals surface area contributed by atoms with Crippen molar-refractivity contribution in [3.8, 4) is 0 Å². The van der Waals surface area contributed by atoms with Gasteiger partial charge in [0.05, 0.1) is 0 Å². The topological polar surface area (TPSA) is 20.2 Å². The largest absolute Gasteiger partial charge is 0.508 e. The van der Waals surface area contributed by atoms with Crippen molar-refractivity contribution in [3.05, 3.63) is 47.3 Å². The molecule has 1 rings (SSSR count). The van der Waals surface area contributed by atoms with Gasteiger partial charge in [-0.05, 0) is 50.0 Å². The average molecular weight is 269 g/mol. The Morgan fingerprint density at radius 2 is 2.27 bits per heavy atom. The molecule has 0 aliphatic heterocycles. The fraction of sp³-hybridized carbons (Fsp3) is 0.385. The molecule has 0 aromatic carbocycles. The van der Waals surface area contributed by atoms with Crippen molar-refractivity contribution in [1.82, 2.24) is 0 Å². The van der Waals surface area contributed by atoms with Crippen molar-refractivity contribution < 1.29 is 5.11 Å². The van der Waals surface area contributed by atoms with Gasteiger partial charge < -0.3 is 5.11 Å². The molecular weight excluding hydrogens is 252 g/mol. The monoisotopic (exact) mass is 268 g/mol. The Kier molecular flexibility index (Phi) is 4.89. The maximum atomic E-state index is 9.60. The molecule has 0 spiro atoms. The quantitative estimate of drug-likeness (QED) is 0.698. The number of allylic oxidation sites excluding steroid dienone is 7. The van der Waals surface area contributed by atoms with Crippen LogP contribution in [0.2, 0.25) is 0 Å². The summed E-state index contributed by atoms with van der Waals surface area (Å²) >= 11 is 3.50. The third-order valence-electron chi connectivity index (χ3n) is 2.30. The summed E-state index contributed by atoms with van der Waals surface area (Å²) in [7, 11) is 0. The molecule has 0 fully saturated rings. The molecule has 0 saturated heterocycles. The lowest BCUT2D eigenvalue weighted by Crippen LogP contribution is -1.95. The normalized spacial score (nSPS) is 30.5. The average Bonchev–Trinajstić information content (AvgIpc) is 2.13. The van der Waals surface area contributed by atoms with Crippen LogP contribution < -0.4 is 0 Å². The van der Waals surface area contributed by atoms with Gasteiger partial charge >= 0.3 is 0 Å². The summed E-state index contributed by atoms with van der Waals surface area (Å²) in [6, 6.07) is 0. The summed E-state index contributed by atoms with van der Waals surface area (Å²) in [5, 5.41) is 9.60. The second-order valence-corrected chi connectivity index (χ2v) is 5.07. The van der Waals surface area contributed by atoms with Crippen LogP contribution >= 0.6 is 15.9 Å². The van der Waals surface area contributed by atoms with Gasteiger partial charge in [0.15, 0.2) is 0 Å². The van der Waals surface area contributed by atoms with E-state index in [0.717, 1.165) is 18.4 Å². The highest BCUT2D eigenvalue weighted by molar-refractivity contribution is 9.09. The van der Waals surface area contributed by atoms with E-state index >= 15 is 0 Å². The van der Waals surface area contributed by atoms with Gasteiger partial charge in [-0.2, -0.15) is 0 Å². The Labute approximate surface area is 100 Å². The summed E-state index contributed by atoms with van der Waals surface area (Å²) in [5.74, 6) is 0.327. The fourth-order valence-corrected chi connectivity index (χ4v) is 1.89. The minimum absolute atomic E-state index is 0.315. The van der Waals surface area contributed by atoms with Crippen LogP contribution in [0.4, 0.5) is 0 Å². The van der Waals surface area contributed by atoms with E-state index < -0.39 is 0 Å². The van der Waals surface area contributed by atoms with Crippen LogP contribution in [-0.4, -0.2) is 9.93 Å². The van der Waals surface area contributed by atoms with E-state index in [-0.39, 0.29) is 0 Å². The second-order valence-electron chi connectivity index (χ2n) is 3.62. The maximum Gasteiger partial charge on any atom is 0.115 e. The lowest BCUT2D eigenvalue weighted by atomic mass is 9.97. The first kappa shape index (κ1) is 12.3. The predicted octanol–water partition coefficient (Wildman–Crippen LogP) is 4.43. The molecular formula is C13H17BrO. The van der Waals surface area contributed by atoms with E-state index in [4.69, 9.17) is 0 Å². The van der Waals surface area contributed by atoms with E-state index in [1.807, 2.05) is 19.1 Å². The third kappa shape index (κ3) is 4.08. The third-order valence-corrected chi connectivity index (χ3v) is 2.57. The van der Waals surface area contributed by atoms with Crippen LogP contribution in [0.25, 0.3) is 0 Å². The summed E-state index contributed by atoms with van der Waals surface area (Å²) in [6.45, 7) is 4.11. The number of aliphatic hydroxyl groups is 1. The first-order chi connectivity index (χ1) is 7.13. The van der Waals surface area contributed by atoms with Gasteiger partial charge in [0, 0.05) is 4.83 Å². The molecule has 0 radical (unpaired) electrons. The Balaban J connectivity index is 3.07. The zero-order valence-electron chi connectivity index (χ0n) is 9.20. The molecule has 0 heterocycles. The first-order valence-electron chi connectivity index (χ1n) is 5.22. The van der Waals surface area contributed by atoms with Crippen molar-refractivity contribution in [1.29, 1.82) is 0 Å². The zero-order valence-corrected chi connectivity index (χ0v) is 10.8. The Bertz CT molecular complexity index is 332. The number of halogens is 1. The molecule has 0 saturated carbocycles. The molecule has 1 aliphatic rings. The number of rotatable bonds is 1. The molecule has 0 bridgehead atoms. The lowest BCUT2D eigenvalue weighted by molar-refractivity contribution is 0.431. The van der Waals surface area contributed by atoms with E-state index in [1.165, 1.54) is 5.57 Å².